The first-order valence-electron chi connectivity index (χ1n) is 10.0. The van der Waals surface area contributed by atoms with Crippen molar-refractivity contribution in [1.29, 1.82) is 0 Å². The molecular formula is C23H23N5O3. The number of hydrogen-bond acceptors (Lipinski definition) is 6. The summed E-state index contributed by atoms with van der Waals surface area (Å²) < 4.78 is 6.96. The molecule has 31 heavy (non-hydrogen) atoms. The summed E-state index contributed by atoms with van der Waals surface area (Å²) in [7, 11) is 1.62. The fraction of sp³-hybridized carbons (Fsp3) is 0.217. The van der Waals surface area contributed by atoms with Gasteiger partial charge in [0, 0.05) is 24.8 Å². The average molecular weight is 417 g/mol. The van der Waals surface area contributed by atoms with Crippen molar-refractivity contribution in [3.05, 3.63) is 59.2 Å². The molecule has 1 aliphatic rings. The number of ether oxygens (including phenoxy) is 1. The molecule has 0 saturated carbocycles. The van der Waals surface area contributed by atoms with Gasteiger partial charge in [-0.1, -0.05) is 6.07 Å². The standard InChI is InChI=1S/C23H23N5O3/c1-3-28-21-10-6-16(20-9-11-22(29)27-26-20)12-18(21)19(23(28)30)14-25-24-13-15-4-7-17(31-2)8-5-15/h4-8,10,12-14,30H,3,9,11H2,1-2H3,(H,27,29). The lowest BCUT2D eigenvalue weighted by Gasteiger charge is -2.12. The van der Waals surface area contributed by atoms with Crippen molar-refractivity contribution in [2.75, 3.05) is 7.11 Å². The second-order valence-corrected chi connectivity index (χ2v) is 7.07. The van der Waals surface area contributed by atoms with E-state index in [1.165, 1.54) is 0 Å². The summed E-state index contributed by atoms with van der Waals surface area (Å²) in [6.45, 7) is 2.58. The van der Waals surface area contributed by atoms with Gasteiger partial charge in [0.25, 0.3) is 0 Å². The summed E-state index contributed by atoms with van der Waals surface area (Å²) in [5, 5.41) is 24.0. The molecule has 3 aromatic rings. The predicted octanol–water partition coefficient (Wildman–Crippen LogP) is 3.44. The Balaban J connectivity index is 1.66. The Bertz CT molecular complexity index is 1210. The van der Waals surface area contributed by atoms with Crippen LogP contribution in [0, 0.1) is 0 Å². The number of carbonyl (C=O) groups is 1. The van der Waals surface area contributed by atoms with Gasteiger partial charge in [-0.15, -0.1) is 0 Å². The van der Waals surface area contributed by atoms with E-state index in [0.717, 1.165) is 33.5 Å². The Morgan fingerprint density at radius 1 is 1.16 bits per heavy atom. The molecule has 1 aromatic heterocycles. The number of amides is 1. The number of aromatic hydroxyl groups is 1. The van der Waals surface area contributed by atoms with E-state index in [-0.39, 0.29) is 11.8 Å². The molecule has 1 amide bonds. The number of hydrazone groups is 1. The second kappa shape index (κ2) is 8.83. The van der Waals surface area contributed by atoms with Crippen molar-refractivity contribution in [1.82, 2.24) is 9.99 Å². The molecule has 0 fully saturated rings. The molecule has 0 bridgehead atoms. The fourth-order valence-electron chi connectivity index (χ4n) is 3.56. The zero-order chi connectivity index (χ0) is 21.8. The minimum Gasteiger partial charge on any atom is -0.497 e. The van der Waals surface area contributed by atoms with Gasteiger partial charge in [0.1, 0.15) is 5.75 Å². The largest absolute Gasteiger partial charge is 0.497 e. The number of rotatable bonds is 6. The topological polar surface area (TPSA) is 101 Å². The van der Waals surface area contributed by atoms with Crippen molar-refractivity contribution in [2.45, 2.75) is 26.3 Å². The number of nitrogens with zero attached hydrogens (tertiary/aromatic N) is 4. The lowest BCUT2D eigenvalue weighted by Crippen LogP contribution is -2.25. The van der Waals surface area contributed by atoms with Crippen LogP contribution in [-0.2, 0) is 11.3 Å². The van der Waals surface area contributed by atoms with Crippen LogP contribution < -0.4 is 10.2 Å². The number of fused-ring (bicyclic) bond motifs is 1. The second-order valence-electron chi connectivity index (χ2n) is 7.07. The fourth-order valence-corrected chi connectivity index (χ4v) is 3.56. The summed E-state index contributed by atoms with van der Waals surface area (Å²) in [5.74, 6) is 0.829. The average Bonchev–Trinajstić information content (AvgIpc) is 3.07. The molecular weight excluding hydrogens is 394 g/mol. The number of methoxy groups -OCH3 is 1. The molecule has 0 unspecified atom stereocenters. The lowest BCUT2D eigenvalue weighted by molar-refractivity contribution is -0.121. The normalized spacial score (nSPS) is 14.4. The lowest BCUT2D eigenvalue weighted by atomic mass is 10.0. The Morgan fingerprint density at radius 2 is 1.94 bits per heavy atom. The smallest absolute Gasteiger partial charge is 0.240 e. The zero-order valence-electron chi connectivity index (χ0n) is 17.4. The third-order valence-electron chi connectivity index (χ3n) is 5.20. The molecule has 8 heteroatoms. The highest BCUT2D eigenvalue weighted by molar-refractivity contribution is 6.09. The Hall–Kier alpha value is -3.94. The number of benzene rings is 2. The maximum atomic E-state index is 11.4. The van der Waals surface area contributed by atoms with E-state index in [4.69, 9.17) is 4.74 Å². The summed E-state index contributed by atoms with van der Waals surface area (Å²) in [4.78, 5) is 11.4. The summed E-state index contributed by atoms with van der Waals surface area (Å²) in [5.41, 5.74) is 6.61. The minimum atomic E-state index is -0.0813. The first-order valence-corrected chi connectivity index (χ1v) is 10.0. The van der Waals surface area contributed by atoms with Gasteiger partial charge in [0.05, 0.1) is 36.3 Å². The van der Waals surface area contributed by atoms with Crippen molar-refractivity contribution < 1.29 is 14.6 Å². The van der Waals surface area contributed by atoms with Crippen LogP contribution in [0.4, 0.5) is 0 Å². The zero-order valence-corrected chi connectivity index (χ0v) is 17.4. The molecule has 0 aliphatic carbocycles. The van der Waals surface area contributed by atoms with Crippen LogP contribution in [0.5, 0.6) is 11.6 Å². The maximum absolute atomic E-state index is 11.4. The van der Waals surface area contributed by atoms with Gasteiger partial charge in [-0.2, -0.15) is 15.3 Å². The van der Waals surface area contributed by atoms with Crippen LogP contribution >= 0.6 is 0 Å². The van der Waals surface area contributed by atoms with Gasteiger partial charge in [-0.3, -0.25) is 4.79 Å². The Kier molecular flexibility index (Phi) is 5.79. The van der Waals surface area contributed by atoms with Crippen LogP contribution in [0.2, 0.25) is 0 Å². The van der Waals surface area contributed by atoms with E-state index >= 15 is 0 Å². The minimum absolute atomic E-state index is 0.0813. The SMILES string of the molecule is CCn1c(O)c(C=NN=Cc2ccc(OC)cc2)c2cc(C3=NNC(=O)CC3)ccc21. The number of nitrogens with one attached hydrogen (secondary N) is 1. The van der Waals surface area contributed by atoms with Crippen molar-refractivity contribution in [2.24, 2.45) is 15.3 Å². The van der Waals surface area contributed by atoms with Crippen LogP contribution in [-0.4, -0.2) is 40.8 Å². The van der Waals surface area contributed by atoms with E-state index in [2.05, 4.69) is 20.7 Å². The van der Waals surface area contributed by atoms with E-state index in [0.29, 0.717) is 24.9 Å². The Morgan fingerprint density at radius 3 is 2.61 bits per heavy atom. The number of aromatic nitrogens is 1. The molecule has 8 nitrogen and oxygen atoms in total. The molecule has 2 N–H and O–H groups in total. The van der Waals surface area contributed by atoms with Gasteiger partial charge < -0.3 is 14.4 Å². The Labute approximate surface area is 179 Å². The predicted molar refractivity (Wildman–Crippen MR) is 121 cm³/mol. The van der Waals surface area contributed by atoms with Gasteiger partial charge in [-0.05, 0) is 54.4 Å². The monoisotopic (exact) mass is 417 g/mol. The van der Waals surface area contributed by atoms with Crippen LogP contribution in [0.3, 0.4) is 0 Å². The first-order chi connectivity index (χ1) is 15.1. The molecule has 1 aliphatic heterocycles. The first kappa shape index (κ1) is 20.3. The van der Waals surface area contributed by atoms with Crippen molar-refractivity contribution >= 4 is 35.0 Å². The summed E-state index contributed by atoms with van der Waals surface area (Å²) in [6.07, 6.45) is 4.18. The van der Waals surface area contributed by atoms with Crippen LogP contribution in [0.1, 0.15) is 36.5 Å². The van der Waals surface area contributed by atoms with Crippen LogP contribution in [0.25, 0.3) is 10.9 Å². The highest BCUT2D eigenvalue weighted by Gasteiger charge is 2.18. The van der Waals surface area contributed by atoms with E-state index in [1.54, 1.807) is 19.5 Å². The molecule has 0 spiro atoms. The van der Waals surface area contributed by atoms with E-state index in [9.17, 15) is 9.90 Å². The highest BCUT2D eigenvalue weighted by Crippen LogP contribution is 2.31. The molecule has 2 aromatic carbocycles. The summed E-state index contributed by atoms with van der Waals surface area (Å²) in [6, 6.07) is 13.3. The number of carbonyl (C=O) groups excluding carboxylic acids is 1. The quantitative estimate of drug-likeness (QED) is 0.474. The molecule has 158 valence electrons. The third kappa shape index (κ3) is 4.18. The number of aryl methyl sites for hydroxylation is 1. The van der Waals surface area contributed by atoms with Crippen molar-refractivity contribution in [3.8, 4) is 11.6 Å². The molecule has 4 rings (SSSR count). The molecule has 0 saturated heterocycles. The maximum Gasteiger partial charge on any atom is 0.240 e. The van der Waals surface area contributed by atoms with Gasteiger partial charge >= 0.3 is 0 Å². The molecule has 0 atom stereocenters. The third-order valence-corrected chi connectivity index (χ3v) is 5.20. The van der Waals surface area contributed by atoms with Crippen molar-refractivity contribution in [3.63, 3.8) is 0 Å². The van der Waals surface area contributed by atoms with E-state index in [1.807, 2.05) is 54.0 Å². The highest BCUT2D eigenvalue weighted by atomic mass is 16.5. The molecule has 0 radical (unpaired) electrons. The van der Waals surface area contributed by atoms with Gasteiger partial charge in [0.2, 0.25) is 11.8 Å². The number of hydrogen-bond donors (Lipinski definition) is 2. The van der Waals surface area contributed by atoms with Gasteiger partial charge in [-0.25, -0.2) is 5.43 Å². The summed E-state index contributed by atoms with van der Waals surface area (Å²) >= 11 is 0. The van der Waals surface area contributed by atoms with Gasteiger partial charge in [0.15, 0.2) is 0 Å². The van der Waals surface area contributed by atoms with E-state index < -0.39 is 0 Å². The molecule has 2 heterocycles. The van der Waals surface area contributed by atoms with Crippen LogP contribution in [0.15, 0.2) is 57.8 Å².